The number of rotatable bonds is 7. The van der Waals surface area contributed by atoms with E-state index in [1.54, 1.807) is 13.0 Å². The first-order valence-electron chi connectivity index (χ1n) is 12.6. The Morgan fingerprint density at radius 2 is 1.47 bits per heavy atom. The van der Waals surface area contributed by atoms with E-state index in [1.807, 2.05) is 52.8 Å². The lowest BCUT2D eigenvalue weighted by molar-refractivity contribution is -0.138. The number of aryl methyl sites for hydroxylation is 2. The Hall–Kier alpha value is -3.10. The lowest BCUT2D eigenvalue weighted by Crippen LogP contribution is -2.38. The second-order valence-corrected chi connectivity index (χ2v) is 11.0. The van der Waals surface area contributed by atoms with Crippen LogP contribution < -0.4 is 5.32 Å². The minimum absolute atomic E-state index is 0.248. The van der Waals surface area contributed by atoms with Crippen LogP contribution in [0.3, 0.4) is 0 Å². The summed E-state index contributed by atoms with van der Waals surface area (Å²) in [6.07, 6.45) is 1.74. The van der Waals surface area contributed by atoms with Gasteiger partial charge in [0.05, 0.1) is 0 Å². The predicted molar refractivity (Wildman–Crippen MR) is 145 cm³/mol. The van der Waals surface area contributed by atoms with Crippen molar-refractivity contribution in [1.82, 2.24) is 5.32 Å². The second kappa shape index (κ2) is 10.9. The van der Waals surface area contributed by atoms with Gasteiger partial charge in [0.2, 0.25) is 0 Å². The zero-order chi connectivity index (χ0) is 27.5. The van der Waals surface area contributed by atoms with E-state index in [1.165, 1.54) is 12.5 Å². The van der Waals surface area contributed by atoms with Crippen molar-refractivity contribution in [2.24, 2.45) is 5.41 Å². The van der Waals surface area contributed by atoms with Gasteiger partial charge in [0.1, 0.15) is 11.6 Å². The van der Waals surface area contributed by atoms with Gasteiger partial charge in [0.15, 0.2) is 0 Å². The second-order valence-electron chi connectivity index (χ2n) is 11.0. The maximum atomic E-state index is 12.6. The van der Waals surface area contributed by atoms with Crippen LogP contribution in [0, 0.1) is 31.1 Å². The zero-order valence-corrected chi connectivity index (χ0v) is 23.2. The van der Waals surface area contributed by atoms with Gasteiger partial charge in [0.25, 0.3) is 5.91 Å². The lowest BCUT2D eigenvalue weighted by Gasteiger charge is -2.34. The van der Waals surface area contributed by atoms with Crippen LogP contribution in [0.5, 0.6) is 0 Å². The third-order valence-electron chi connectivity index (χ3n) is 7.63. The van der Waals surface area contributed by atoms with Gasteiger partial charge in [-0.15, -0.1) is 0 Å². The highest BCUT2D eigenvalue weighted by Crippen LogP contribution is 2.40. The molecule has 194 valence electrons. The van der Waals surface area contributed by atoms with Crippen molar-refractivity contribution < 1.29 is 19.8 Å². The molecule has 2 unspecified atom stereocenters. The summed E-state index contributed by atoms with van der Waals surface area (Å²) in [5.41, 5.74) is 3.78. The molecule has 2 aromatic rings. The molecule has 0 saturated heterocycles. The number of hydrogen-bond donors (Lipinski definition) is 3. The Morgan fingerprint density at radius 3 is 1.92 bits per heavy atom. The summed E-state index contributed by atoms with van der Waals surface area (Å²) in [7, 11) is 0. The first-order chi connectivity index (χ1) is 16.6. The molecule has 0 radical (unpaired) electrons. The van der Waals surface area contributed by atoms with Gasteiger partial charge >= 0.3 is 5.97 Å². The molecule has 0 heterocycles. The fraction of sp³-hybridized carbons (Fsp3) is 0.484. The van der Waals surface area contributed by atoms with E-state index in [0.29, 0.717) is 5.56 Å². The van der Waals surface area contributed by atoms with Crippen molar-refractivity contribution in [2.45, 2.75) is 92.2 Å². The van der Waals surface area contributed by atoms with Gasteiger partial charge in [-0.2, -0.15) is 0 Å². The SMILES string of the molecule is CCC(CC)(c1ccc(C#CC(C)(O)C(C)(C)C)c(C)c1)c1ccc(C(=O)NC(C)C(=O)O)c(C)c1. The number of carboxylic acids is 1. The molecule has 36 heavy (non-hydrogen) atoms. The normalized spacial score (nSPS) is 14.3. The molecule has 5 heteroatoms. The molecule has 3 N–H and O–H groups in total. The number of benzene rings is 2. The van der Waals surface area contributed by atoms with Crippen LogP contribution in [0.4, 0.5) is 0 Å². The Balaban J connectivity index is 2.48. The molecule has 0 aliphatic rings. The van der Waals surface area contributed by atoms with Crippen LogP contribution in [0.15, 0.2) is 36.4 Å². The van der Waals surface area contributed by atoms with Crippen molar-refractivity contribution >= 4 is 11.9 Å². The van der Waals surface area contributed by atoms with E-state index in [-0.39, 0.29) is 10.8 Å². The van der Waals surface area contributed by atoms with Crippen LogP contribution in [0.1, 0.15) is 99.5 Å². The van der Waals surface area contributed by atoms with Crippen LogP contribution in [0.2, 0.25) is 0 Å². The molecular formula is C31H41NO4. The maximum absolute atomic E-state index is 12.6. The number of carboxylic acid groups (broad SMARTS) is 1. The van der Waals surface area contributed by atoms with Crippen LogP contribution in [-0.4, -0.2) is 33.7 Å². The molecule has 0 saturated carbocycles. The number of amides is 1. The Bertz CT molecular complexity index is 1190. The molecule has 5 nitrogen and oxygen atoms in total. The number of aliphatic hydroxyl groups is 1. The van der Waals surface area contributed by atoms with Crippen LogP contribution in [-0.2, 0) is 10.2 Å². The lowest BCUT2D eigenvalue weighted by atomic mass is 9.69. The van der Waals surface area contributed by atoms with E-state index in [9.17, 15) is 14.7 Å². The smallest absolute Gasteiger partial charge is 0.325 e. The molecule has 0 aliphatic heterocycles. The summed E-state index contributed by atoms with van der Waals surface area (Å²) in [5.74, 6) is 4.77. The number of carbonyl (C=O) groups is 2. The van der Waals surface area contributed by atoms with Crippen molar-refractivity contribution in [2.75, 3.05) is 0 Å². The quantitative estimate of drug-likeness (QED) is 0.430. The van der Waals surface area contributed by atoms with Crippen molar-refractivity contribution in [3.63, 3.8) is 0 Å². The third-order valence-corrected chi connectivity index (χ3v) is 7.63. The van der Waals surface area contributed by atoms with E-state index in [2.05, 4.69) is 43.1 Å². The average Bonchev–Trinajstić information content (AvgIpc) is 2.78. The van der Waals surface area contributed by atoms with Gasteiger partial charge in [-0.3, -0.25) is 9.59 Å². The van der Waals surface area contributed by atoms with Gasteiger partial charge < -0.3 is 15.5 Å². The van der Waals surface area contributed by atoms with Crippen LogP contribution in [0.25, 0.3) is 0 Å². The molecule has 0 bridgehead atoms. The zero-order valence-electron chi connectivity index (χ0n) is 23.2. The summed E-state index contributed by atoms with van der Waals surface area (Å²) < 4.78 is 0. The Morgan fingerprint density at radius 1 is 0.944 bits per heavy atom. The molecule has 1 amide bonds. The van der Waals surface area contributed by atoms with Gasteiger partial charge in [-0.1, -0.05) is 70.7 Å². The highest BCUT2D eigenvalue weighted by atomic mass is 16.4. The van der Waals surface area contributed by atoms with E-state index in [0.717, 1.165) is 35.1 Å². The van der Waals surface area contributed by atoms with Gasteiger partial charge in [-0.05, 0) is 74.9 Å². The molecule has 0 aliphatic carbocycles. The molecular weight excluding hydrogens is 450 g/mol. The summed E-state index contributed by atoms with van der Waals surface area (Å²) in [5, 5.41) is 22.4. The molecule has 0 aromatic heterocycles. The predicted octanol–water partition coefficient (Wildman–Crippen LogP) is 5.76. The topological polar surface area (TPSA) is 86.6 Å². The minimum Gasteiger partial charge on any atom is -0.480 e. The summed E-state index contributed by atoms with van der Waals surface area (Å²) in [4.78, 5) is 23.7. The average molecular weight is 492 g/mol. The standard InChI is InChI=1S/C31H41NO4/c1-10-31(11-2,25-14-15-26(21(4)19-25)27(33)32-22(5)28(34)35)24-13-12-23(20(3)18-24)16-17-30(9,36)29(6,7)8/h12-15,18-19,22,36H,10-11H2,1-9H3,(H,32,33)(H,34,35). The van der Waals surface area contributed by atoms with Crippen molar-refractivity contribution in [3.8, 4) is 11.8 Å². The largest absolute Gasteiger partial charge is 0.480 e. The minimum atomic E-state index is -1.11. The van der Waals surface area contributed by atoms with Crippen molar-refractivity contribution in [1.29, 1.82) is 0 Å². The van der Waals surface area contributed by atoms with Crippen LogP contribution >= 0.6 is 0 Å². The molecule has 2 rings (SSSR count). The van der Waals surface area contributed by atoms with Crippen molar-refractivity contribution in [3.05, 3.63) is 69.8 Å². The highest BCUT2D eigenvalue weighted by Gasteiger charge is 2.34. The number of hydrogen-bond acceptors (Lipinski definition) is 3. The maximum Gasteiger partial charge on any atom is 0.325 e. The fourth-order valence-corrected chi connectivity index (χ4v) is 4.26. The molecule has 0 spiro atoms. The summed E-state index contributed by atoms with van der Waals surface area (Å²) >= 11 is 0. The van der Waals surface area contributed by atoms with Gasteiger partial charge in [-0.25, -0.2) is 0 Å². The van der Waals surface area contributed by atoms with E-state index >= 15 is 0 Å². The first kappa shape index (κ1) is 29.1. The molecule has 2 atom stereocenters. The first-order valence-corrected chi connectivity index (χ1v) is 12.6. The van der Waals surface area contributed by atoms with E-state index < -0.39 is 23.5 Å². The number of carbonyl (C=O) groups excluding carboxylic acids is 1. The molecule has 0 fully saturated rings. The number of aliphatic carboxylic acids is 1. The Kier molecular flexibility index (Phi) is 8.81. The Labute approximate surface area is 216 Å². The van der Waals surface area contributed by atoms with E-state index in [4.69, 9.17) is 5.11 Å². The highest BCUT2D eigenvalue weighted by molar-refractivity contribution is 5.97. The summed E-state index contributed by atoms with van der Waals surface area (Å²) in [6.45, 7) is 17.4. The number of nitrogens with one attached hydrogen (secondary N) is 1. The molecule has 2 aromatic carbocycles. The third kappa shape index (κ3) is 5.99. The monoisotopic (exact) mass is 491 g/mol. The fourth-order valence-electron chi connectivity index (χ4n) is 4.26. The summed E-state index contributed by atoms with van der Waals surface area (Å²) in [6, 6.07) is 11.2. The van der Waals surface area contributed by atoms with Gasteiger partial charge in [0, 0.05) is 22.0 Å².